The molecule has 2 N–H and O–H groups in total. The first-order chi connectivity index (χ1) is 9.69. The topological polar surface area (TPSA) is 57.3 Å². The lowest BCUT2D eigenvalue weighted by molar-refractivity contribution is 0.0951. The highest BCUT2D eigenvalue weighted by Crippen LogP contribution is 2.12. The van der Waals surface area contributed by atoms with Crippen LogP contribution in [0.3, 0.4) is 0 Å². The van der Waals surface area contributed by atoms with Crippen molar-refractivity contribution >= 4 is 11.6 Å². The molecule has 1 amide bonds. The van der Waals surface area contributed by atoms with Crippen LogP contribution in [0.5, 0.6) is 0 Å². The number of carbonyl (C=O) groups is 1. The number of anilines is 1. The Morgan fingerprint density at radius 3 is 2.90 bits per heavy atom. The van der Waals surface area contributed by atoms with Gasteiger partial charge in [0.15, 0.2) is 0 Å². The second-order valence-electron chi connectivity index (χ2n) is 5.34. The molecule has 1 saturated heterocycles. The van der Waals surface area contributed by atoms with E-state index in [9.17, 15) is 4.79 Å². The number of pyridine rings is 1. The maximum Gasteiger partial charge on any atom is 0.269 e. The zero-order chi connectivity index (χ0) is 14.4. The molecule has 2 rings (SSSR count). The number of hydrogen-bond donors (Lipinski definition) is 2. The molecule has 110 valence electrons. The number of amides is 1. The fourth-order valence-corrected chi connectivity index (χ4v) is 2.58. The van der Waals surface area contributed by atoms with Crippen molar-refractivity contribution in [3.8, 4) is 0 Å². The van der Waals surface area contributed by atoms with Gasteiger partial charge in [-0.25, -0.2) is 0 Å². The quantitative estimate of drug-likeness (QED) is 0.831. The fraction of sp³-hybridized carbons (Fsp3) is 0.600. The lowest BCUT2D eigenvalue weighted by atomic mass is 10.2. The van der Waals surface area contributed by atoms with Crippen LogP contribution in [0.1, 0.15) is 37.2 Å². The molecule has 1 fully saturated rings. The summed E-state index contributed by atoms with van der Waals surface area (Å²) in [6.45, 7) is 8.13. The molecule has 5 heteroatoms. The number of likely N-dealkylation sites (tertiary alicyclic amines) is 1. The van der Waals surface area contributed by atoms with E-state index in [4.69, 9.17) is 0 Å². The van der Waals surface area contributed by atoms with E-state index in [1.165, 1.54) is 25.9 Å². The Balaban J connectivity index is 1.91. The van der Waals surface area contributed by atoms with Crippen molar-refractivity contribution in [1.29, 1.82) is 0 Å². The fourth-order valence-electron chi connectivity index (χ4n) is 2.58. The summed E-state index contributed by atoms with van der Waals surface area (Å²) in [6, 6.07) is 4.08. The van der Waals surface area contributed by atoms with Gasteiger partial charge >= 0.3 is 0 Å². The molecule has 0 aliphatic carbocycles. The molecule has 1 aromatic rings. The normalized spacial score (nSPS) is 16.9. The molecule has 0 bridgehead atoms. The summed E-state index contributed by atoms with van der Waals surface area (Å²) in [7, 11) is 0. The molecule has 1 aliphatic rings. The predicted molar refractivity (Wildman–Crippen MR) is 81.0 cm³/mol. The minimum Gasteiger partial charge on any atom is -0.381 e. The van der Waals surface area contributed by atoms with E-state index in [1.54, 1.807) is 6.20 Å². The smallest absolute Gasteiger partial charge is 0.269 e. The molecule has 0 spiro atoms. The Bertz CT molecular complexity index is 443. The number of nitrogens with one attached hydrogen (secondary N) is 2. The van der Waals surface area contributed by atoms with Gasteiger partial charge in [-0.15, -0.1) is 0 Å². The molecule has 2 heterocycles. The van der Waals surface area contributed by atoms with E-state index >= 15 is 0 Å². The third kappa shape index (κ3) is 4.20. The zero-order valence-electron chi connectivity index (χ0n) is 12.4. The van der Waals surface area contributed by atoms with Crippen LogP contribution in [0, 0.1) is 0 Å². The third-order valence-corrected chi connectivity index (χ3v) is 3.47. The summed E-state index contributed by atoms with van der Waals surface area (Å²) in [5.74, 6) is -0.122. The molecule has 0 aromatic carbocycles. The van der Waals surface area contributed by atoms with Gasteiger partial charge in [0.25, 0.3) is 5.91 Å². The summed E-state index contributed by atoms with van der Waals surface area (Å²) in [5, 5.41) is 6.21. The molecule has 1 atom stereocenters. The van der Waals surface area contributed by atoms with Crippen LogP contribution in [-0.2, 0) is 0 Å². The number of hydrogen-bond acceptors (Lipinski definition) is 4. The minimum atomic E-state index is -0.122. The number of carbonyl (C=O) groups excluding carboxylic acids is 1. The number of rotatable bonds is 6. The van der Waals surface area contributed by atoms with Gasteiger partial charge in [-0.2, -0.15) is 0 Å². The average molecular weight is 276 g/mol. The van der Waals surface area contributed by atoms with Crippen molar-refractivity contribution < 1.29 is 4.79 Å². The Morgan fingerprint density at radius 2 is 2.20 bits per heavy atom. The zero-order valence-corrected chi connectivity index (χ0v) is 12.4. The lowest BCUT2D eigenvalue weighted by Crippen LogP contribution is -2.33. The molecule has 5 nitrogen and oxygen atoms in total. The Morgan fingerprint density at radius 1 is 1.45 bits per heavy atom. The maximum atomic E-state index is 11.8. The van der Waals surface area contributed by atoms with Crippen molar-refractivity contribution in [2.24, 2.45) is 0 Å². The SMILES string of the molecule is CCNC(=O)c1cc(NC(C)CN2CCCC2)ccn1. The molecule has 0 radical (unpaired) electrons. The van der Waals surface area contributed by atoms with Crippen LogP contribution in [0.15, 0.2) is 18.3 Å². The molecular formula is C15H24N4O. The van der Waals surface area contributed by atoms with Gasteiger partial charge in [-0.3, -0.25) is 9.78 Å². The van der Waals surface area contributed by atoms with Crippen LogP contribution in [-0.4, -0.2) is 48.0 Å². The molecule has 20 heavy (non-hydrogen) atoms. The van der Waals surface area contributed by atoms with E-state index in [1.807, 2.05) is 19.1 Å². The highest BCUT2D eigenvalue weighted by molar-refractivity contribution is 5.93. The lowest BCUT2D eigenvalue weighted by Gasteiger charge is -2.22. The number of aromatic nitrogens is 1. The summed E-state index contributed by atoms with van der Waals surface area (Å²) in [6.07, 6.45) is 4.29. The monoisotopic (exact) mass is 276 g/mol. The summed E-state index contributed by atoms with van der Waals surface area (Å²) < 4.78 is 0. The molecule has 0 saturated carbocycles. The highest BCUT2D eigenvalue weighted by atomic mass is 16.1. The van der Waals surface area contributed by atoms with Gasteiger partial charge in [0, 0.05) is 31.0 Å². The van der Waals surface area contributed by atoms with Crippen molar-refractivity contribution in [1.82, 2.24) is 15.2 Å². The van der Waals surface area contributed by atoms with Crippen LogP contribution >= 0.6 is 0 Å². The minimum absolute atomic E-state index is 0.122. The van der Waals surface area contributed by atoms with Crippen molar-refractivity contribution in [3.63, 3.8) is 0 Å². The Kier molecular flexibility index (Phi) is 5.35. The van der Waals surface area contributed by atoms with Gasteiger partial charge in [-0.05, 0) is 51.9 Å². The second-order valence-corrected chi connectivity index (χ2v) is 5.34. The summed E-state index contributed by atoms with van der Waals surface area (Å²) in [4.78, 5) is 18.3. The van der Waals surface area contributed by atoms with E-state index in [0.717, 1.165) is 12.2 Å². The highest BCUT2D eigenvalue weighted by Gasteiger charge is 2.15. The maximum absolute atomic E-state index is 11.8. The average Bonchev–Trinajstić information content (AvgIpc) is 2.92. The predicted octanol–water partition coefficient (Wildman–Crippen LogP) is 1.73. The van der Waals surface area contributed by atoms with Gasteiger partial charge < -0.3 is 15.5 Å². The van der Waals surface area contributed by atoms with Gasteiger partial charge in [0.1, 0.15) is 5.69 Å². The molecule has 1 unspecified atom stereocenters. The van der Waals surface area contributed by atoms with Gasteiger partial charge in [0.2, 0.25) is 0 Å². The van der Waals surface area contributed by atoms with Crippen molar-refractivity contribution in [2.75, 3.05) is 31.5 Å². The van der Waals surface area contributed by atoms with Gasteiger partial charge in [0.05, 0.1) is 0 Å². The van der Waals surface area contributed by atoms with Crippen LogP contribution in [0.25, 0.3) is 0 Å². The first-order valence-electron chi connectivity index (χ1n) is 7.42. The Labute approximate surface area is 120 Å². The van der Waals surface area contributed by atoms with Crippen LogP contribution < -0.4 is 10.6 Å². The first kappa shape index (κ1) is 14.8. The number of nitrogens with zero attached hydrogens (tertiary/aromatic N) is 2. The third-order valence-electron chi connectivity index (χ3n) is 3.47. The largest absolute Gasteiger partial charge is 0.381 e. The molecule has 1 aliphatic heterocycles. The molecule has 1 aromatic heterocycles. The summed E-state index contributed by atoms with van der Waals surface area (Å²) in [5.41, 5.74) is 1.41. The van der Waals surface area contributed by atoms with Crippen LogP contribution in [0.2, 0.25) is 0 Å². The van der Waals surface area contributed by atoms with E-state index in [2.05, 4.69) is 27.4 Å². The second kappa shape index (κ2) is 7.24. The van der Waals surface area contributed by atoms with E-state index < -0.39 is 0 Å². The van der Waals surface area contributed by atoms with E-state index in [0.29, 0.717) is 18.3 Å². The van der Waals surface area contributed by atoms with E-state index in [-0.39, 0.29) is 5.91 Å². The summed E-state index contributed by atoms with van der Waals surface area (Å²) >= 11 is 0. The first-order valence-corrected chi connectivity index (χ1v) is 7.42. The standard InChI is InChI=1S/C15H24N4O/c1-3-16-15(20)14-10-13(6-7-17-14)18-12(2)11-19-8-4-5-9-19/h6-7,10,12H,3-5,8-9,11H2,1-2H3,(H,16,20)(H,17,18). The van der Waals surface area contributed by atoms with Crippen molar-refractivity contribution in [2.45, 2.75) is 32.7 Å². The van der Waals surface area contributed by atoms with Gasteiger partial charge in [-0.1, -0.05) is 0 Å². The molecular weight excluding hydrogens is 252 g/mol. The van der Waals surface area contributed by atoms with Crippen LogP contribution in [0.4, 0.5) is 5.69 Å². The van der Waals surface area contributed by atoms with Crippen molar-refractivity contribution in [3.05, 3.63) is 24.0 Å². The Hall–Kier alpha value is -1.62.